The summed E-state index contributed by atoms with van der Waals surface area (Å²) in [7, 11) is 0. The Morgan fingerprint density at radius 1 is 1.14 bits per heavy atom. The zero-order valence-electron chi connectivity index (χ0n) is 16.0. The van der Waals surface area contributed by atoms with Crippen molar-refractivity contribution in [3.63, 3.8) is 0 Å². The third-order valence-corrected chi connectivity index (χ3v) is 6.01. The number of rotatable bonds is 4. The maximum Gasteiger partial charge on any atom is 0.227 e. The van der Waals surface area contributed by atoms with Crippen molar-refractivity contribution >= 4 is 5.91 Å². The molecule has 3 N–H and O–H groups in total. The summed E-state index contributed by atoms with van der Waals surface area (Å²) in [6.45, 7) is 3.62. The van der Waals surface area contributed by atoms with Gasteiger partial charge in [-0.2, -0.15) is 0 Å². The minimum atomic E-state index is -0.370. The summed E-state index contributed by atoms with van der Waals surface area (Å²) in [6, 6.07) is 12.2. The van der Waals surface area contributed by atoms with Crippen LogP contribution in [-0.2, 0) is 17.6 Å². The smallest absolute Gasteiger partial charge is 0.227 e. The van der Waals surface area contributed by atoms with E-state index in [-0.39, 0.29) is 36.8 Å². The van der Waals surface area contributed by atoms with Gasteiger partial charge in [0.25, 0.3) is 0 Å². The molecule has 2 atom stereocenters. The molecule has 2 heterocycles. The molecule has 6 heteroatoms. The van der Waals surface area contributed by atoms with E-state index in [0.717, 1.165) is 18.7 Å². The first-order valence-electron chi connectivity index (χ1n) is 9.83. The maximum absolute atomic E-state index is 14.0. The lowest BCUT2D eigenvalue weighted by Crippen LogP contribution is -2.49. The summed E-state index contributed by atoms with van der Waals surface area (Å²) in [5.74, 6) is -0.149. The van der Waals surface area contributed by atoms with Gasteiger partial charge in [-0.25, -0.2) is 4.39 Å². The highest BCUT2D eigenvalue weighted by Gasteiger charge is 2.36. The van der Waals surface area contributed by atoms with Crippen LogP contribution in [0, 0.1) is 5.82 Å². The van der Waals surface area contributed by atoms with E-state index in [0.29, 0.717) is 17.9 Å². The first-order chi connectivity index (χ1) is 13.6. The number of aliphatic hydroxyl groups excluding tert-OH is 1. The first-order valence-corrected chi connectivity index (χ1v) is 9.83. The van der Waals surface area contributed by atoms with Crippen LogP contribution in [0.25, 0.3) is 0 Å². The first kappa shape index (κ1) is 19.1. The van der Waals surface area contributed by atoms with E-state index in [1.165, 1.54) is 17.2 Å². The highest BCUT2D eigenvalue weighted by Crippen LogP contribution is 2.37. The van der Waals surface area contributed by atoms with Crippen LogP contribution in [0.5, 0.6) is 0 Å². The van der Waals surface area contributed by atoms with Gasteiger partial charge in [0.1, 0.15) is 5.82 Å². The average Bonchev–Trinajstić information content (AvgIpc) is 3.23. The van der Waals surface area contributed by atoms with Gasteiger partial charge in [0.2, 0.25) is 5.91 Å². The molecule has 28 heavy (non-hydrogen) atoms. The summed E-state index contributed by atoms with van der Waals surface area (Å²) < 4.78 is 14.0. The molecule has 2 aromatic rings. The van der Waals surface area contributed by atoms with Crippen LogP contribution in [-0.4, -0.2) is 41.7 Å². The number of hydrazine groups is 1. The summed E-state index contributed by atoms with van der Waals surface area (Å²) in [6.07, 6.45) is 0.616. The summed E-state index contributed by atoms with van der Waals surface area (Å²) in [5.41, 5.74) is 10.4. The Balaban J connectivity index is 1.64. The molecule has 148 valence electrons. The Morgan fingerprint density at radius 3 is 2.57 bits per heavy atom. The highest BCUT2D eigenvalue weighted by molar-refractivity contribution is 5.80. The van der Waals surface area contributed by atoms with Crippen molar-refractivity contribution in [1.82, 2.24) is 15.8 Å². The summed E-state index contributed by atoms with van der Waals surface area (Å²) in [5, 5.41) is 10.0. The Morgan fingerprint density at radius 2 is 1.86 bits per heavy atom. The number of carbonyl (C=O) groups excluding carboxylic acids is 1. The molecule has 0 aromatic heterocycles. The van der Waals surface area contributed by atoms with Crippen molar-refractivity contribution in [2.24, 2.45) is 0 Å². The minimum Gasteiger partial charge on any atom is -0.394 e. The van der Waals surface area contributed by atoms with Gasteiger partial charge >= 0.3 is 0 Å². The van der Waals surface area contributed by atoms with E-state index in [1.54, 1.807) is 23.1 Å². The van der Waals surface area contributed by atoms with Crippen molar-refractivity contribution in [3.8, 4) is 0 Å². The fourth-order valence-electron chi connectivity index (χ4n) is 4.58. The van der Waals surface area contributed by atoms with Gasteiger partial charge in [0.05, 0.1) is 25.1 Å². The third-order valence-electron chi connectivity index (χ3n) is 6.01. The highest BCUT2D eigenvalue weighted by atomic mass is 19.1. The lowest BCUT2D eigenvalue weighted by Gasteiger charge is -2.42. The number of fused-ring (bicyclic) bond motifs is 1. The van der Waals surface area contributed by atoms with Crippen molar-refractivity contribution in [3.05, 3.63) is 70.5 Å². The largest absolute Gasteiger partial charge is 0.394 e. The third kappa shape index (κ3) is 3.43. The second-order valence-corrected chi connectivity index (χ2v) is 7.66. The topological polar surface area (TPSA) is 64.6 Å². The molecule has 2 aromatic carbocycles. The fraction of sp³-hybridized carbons (Fsp3) is 0.409. The van der Waals surface area contributed by atoms with E-state index in [9.17, 15) is 14.3 Å². The van der Waals surface area contributed by atoms with Crippen LogP contribution in [0.2, 0.25) is 0 Å². The average molecular weight is 383 g/mol. The Labute approximate surface area is 164 Å². The molecule has 0 unspecified atom stereocenters. The van der Waals surface area contributed by atoms with E-state index >= 15 is 0 Å². The van der Waals surface area contributed by atoms with Crippen molar-refractivity contribution in [2.75, 3.05) is 19.7 Å². The van der Waals surface area contributed by atoms with Crippen molar-refractivity contribution < 1.29 is 14.3 Å². The zero-order valence-corrected chi connectivity index (χ0v) is 16.0. The Hall–Kier alpha value is -2.28. The van der Waals surface area contributed by atoms with E-state index in [4.69, 9.17) is 0 Å². The van der Waals surface area contributed by atoms with Crippen molar-refractivity contribution in [1.29, 1.82) is 0 Å². The molecule has 0 radical (unpaired) electrons. The number of halogens is 1. The molecule has 2 aliphatic rings. The minimum absolute atomic E-state index is 0.000990. The molecule has 1 saturated heterocycles. The van der Waals surface area contributed by atoms with Crippen LogP contribution in [0.3, 0.4) is 0 Å². The second kappa shape index (κ2) is 7.99. The number of aliphatic hydroxyl groups is 1. The van der Waals surface area contributed by atoms with E-state index in [1.807, 2.05) is 13.0 Å². The molecular formula is C22H26FN3O2. The lowest BCUT2D eigenvalue weighted by molar-refractivity contribution is -0.137. The quantitative estimate of drug-likeness (QED) is 0.756. The van der Waals surface area contributed by atoms with Gasteiger partial charge in [-0.1, -0.05) is 36.4 Å². The van der Waals surface area contributed by atoms with Crippen LogP contribution in [0.15, 0.2) is 42.5 Å². The summed E-state index contributed by atoms with van der Waals surface area (Å²) in [4.78, 5) is 14.8. The van der Waals surface area contributed by atoms with Gasteiger partial charge in [0, 0.05) is 19.0 Å². The number of hydrogen-bond donors (Lipinski definition) is 3. The number of amides is 1. The molecule has 1 fully saturated rings. The van der Waals surface area contributed by atoms with Crippen molar-refractivity contribution in [2.45, 2.75) is 37.8 Å². The lowest BCUT2D eigenvalue weighted by atomic mass is 9.82. The van der Waals surface area contributed by atoms with Gasteiger partial charge in [0.15, 0.2) is 0 Å². The van der Waals surface area contributed by atoms with Gasteiger partial charge in [-0.15, -0.1) is 0 Å². The number of hydrogen-bond acceptors (Lipinski definition) is 4. The molecule has 0 saturated carbocycles. The Kier molecular flexibility index (Phi) is 5.44. The number of benzene rings is 2. The van der Waals surface area contributed by atoms with Crippen LogP contribution in [0.1, 0.15) is 41.1 Å². The summed E-state index contributed by atoms with van der Waals surface area (Å²) >= 11 is 0. The SMILES string of the molecule is C[C@H]1c2cccc(C3CNNC3)c2C[C@H](CO)N1C(=O)Cc1ccccc1F. The molecule has 0 aliphatic carbocycles. The molecule has 0 spiro atoms. The molecular weight excluding hydrogens is 357 g/mol. The molecule has 5 nitrogen and oxygen atoms in total. The van der Waals surface area contributed by atoms with Gasteiger partial charge < -0.3 is 10.0 Å². The molecule has 4 rings (SSSR count). The molecule has 0 bridgehead atoms. The van der Waals surface area contributed by atoms with Crippen LogP contribution < -0.4 is 10.9 Å². The molecule has 2 aliphatic heterocycles. The van der Waals surface area contributed by atoms with Gasteiger partial charge in [-0.05, 0) is 41.7 Å². The monoisotopic (exact) mass is 383 g/mol. The normalized spacial score (nSPS) is 22.3. The van der Waals surface area contributed by atoms with Gasteiger partial charge in [-0.3, -0.25) is 15.6 Å². The van der Waals surface area contributed by atoms with Crippen LogP contribution in [0.4, 0.5) is 4.39 Å². The Bertz CT molecular complexity index is 867. The van der Waals surface area contributed by atoms with E-state index in [2.05, 4.69) is 23.0 Å². The molecule has 1 amide bonds. The van der Waals surface area contributed by atoms with Crippen LogP contribution >= 0.6 is 0 Å². The van der Waals surface area contributed by atoms with E-state index < -0.39 is 0 Å². The maximum atomic E-state index is 14.0. The zero-order chi connectivity index (χ0) is 19.7. The number of nitrogens with one attached hydrogen (secondary N) is 2. The predicted octanol–water partition coefficient (Wildman–Crippen LogP) is 2.07. The second-order valence-electron chi connectivity index (χ2n) is 7.66. The number of carbonyl (C=O) groups is 1. The predicted molar refractivity (Wildman–Crippen MR) is 105 cm³/mol. The standard InChI is InChI=1S/C22H26FN3O2/c1-14-18-6-4-7-19(16-11-24-25-12-16)20(18)10-17(13-27)26(14)22(28)9-15-5-2-3-8-21(15)23/h2-8,14,16-17,24-25,27H,9-13H2,1H3/t14-,17+/m0/s1. The number of nitrogens with zero attached hydrogens (tertiary/aromatic N) is 1. The fourth-order valence-corrected chi connectivity index (χ4v) is 4.58.